The molecule has 2 aliphatic rings. The van der Waals surface area contributed by atoms with Gasteiger partial charge in [0.05, 0.1) is 24.0 Å². The normalized spacial score (nSPS) is 17.2. The number of aromatic carboxylic acids is 2. The van der Waals surface area contributed by atoms with E-state index in [4.69, 9.17) is 9.15 Å². The molecule has 1 saturated heterocycles. The van der Waals surface area contributed by atoms with Crippen LogP contribution in [-0.4, -0.2) is 65.2 Å². The third-order valence-electron chi connectivity index (χ3n) is 9.36. The summed E-state index contributed by atoms with van der Waals surface area (Å²) in [5.74, 6) is -1.85. The molecule has 0 radical (unpaired) electrons. The number of benzene rings is 2. The van der Waals surface area contributed by atoms with Crippen LogP contribution in [0, 0.1) is 12.3 Å². The van der Waals surface area contributed by atoms with Crippen molar-refractivity contribution in [1.29, 1.82) is 0 Å². The van der Waals surface area contributed by atoms with Crippen molar-refractivity contribution in [2.45, 2.75) is 70.8 Å². The molecule has 9 nitrogen and oxygen atoms in total. The van der Waals surface area contributed by atoms with Crippen molar-refractivity contribution in [3.8, 4) is 5.75 Å². The summed E-state index contributed by atoms with van der Waals surface area (Å²) < 4.78 is 11.4. The lowest BCUT2D eigenvalue weighted by Crippen LogP contribution is -2.48. The molecule has 1 aliphatic carbocycles. The second-order valence-corrected chi connectivity index (χ2v) is 12.3. The maximum atomic E-state index is 13.5. The summed E-state index contributed by atoms with van der Waals surface area (Å²) in [7, 11) is 0. The predicted molar refractivity (Wildman–Crippen MR) is 167 cm³/mol. The minimum absolute atomic E-state index is 0.0841. The van der Waals surface area contributed by atoms with Gasteiger partial charge in [-0.1, -0.05) is 37.0 Å². The highest BCUT2D eigenvalue weighted by molar-refractivity contribution is 6.04. The summed E-state index contributed by atoms with van der Waals surface area (Å²) in [4.78, 5) is 40.9. The van der Waals surface area contributed by atoms with Crippen LogP contribution in [0.15, 0.2) is 65.3 Å². The van der Waals surface area contributed by atoms with Crippen LogP contribution < -0.4 is 9.64 Å². The van der Waals surface area contributed by atoms with Crippen LogP contribution in [0.4, 0.5) is 5.69 Å². The number of anilines is 1. The van der Waals surface area contributed by atoms with Crippen LogP contribution in [0.25, 0.3) is 0 Å². The number of nitrogens with zero attached hydrogens (tertiary/aromatic N) is 2. The number of carboxylic acid groups (broad SMARTS) is 2. The number of furan rings is 1. The van der Waals surface area contributed by atoms with Gasteiger partial charge in [0, 0.05) is 24.8 Å². The molecule has 2 N–H and O–H groups in total. The third-order valence-corrected chi connectivity index (χ3v) is 9.36. The molecule has 0 unspecified atom stereocenters. The lowest BCUT2D eigenvalue weighted by Gasteiger charge is -2.42. The highest BCUT2D eigenvalue weighted by Crippen LogP contribution is 2.43. The standard InChI is InChI=1S/C35H42N2O7/c1-25-7-9-28(10-8-25)37(32(38)31-6-5-20-44-31)29-11-17-36(18-12-29)19-15-35(13-3-2-4-14-35)16-21-43-30-23-26(33(39)40)22-27(24-30)34(41)42/h5-10,20,22-24,29H,2-4,11-19,21H2,1H3,(H,39,40)(H,41,42). The Hall–Kier alpha value is -4.11. The predicted octanol–water partition coefficient (Wildman–Crippen LogP) is 6.91. The van der Waals surface area contributed by atoms with Crippen LogP contribution in [0.3, 0.4) is 0 Å². The zero-order valence-corrected chi connectivity index (χ0v) is 25.4. The molecule has 1 aliphatic heterocycles. The summed E-state index contributed by atoms with van der Waals surface area (Å²) >= 11 is 0. The number of piperidine rings is 1. The third kappa shape index (κ3) is 7.69. The van der Waals surface area contributed by atoms with Crippen LogP contribution in [0.5, 0.6) is 5.75 Å². The molecule has 0 atom stereocenters. The molecule has 234 valence electrons. The van der Waals surface area contributed by atoms with Crippen molar-refractivity contribution < 1.29 is 33.8 Å². The van der Waals surface area contributed by atoms with E-state index in [9.17, 15) is 24.6 Å². The molecule has 0 bridgehead atoms. The van der Waals surface area contributed by atoms with E-state index in [1.807, 2.05) is 36.1 Å². The number of likely N-dealkylation sites (tertiary alicyclic amines) is 1. The average Bonchev–Trinajstić information content (AvgIpc) is 3.57. The fraction of sp³-hybridized carbons (Fsp3) is 0.457. The largest absolute Gasteiger partial charge is 0.494 e. The van der Waals surface area contributed by atoms with Gasteiger partial charge in [0.2, 0.25) is 0 Å². The number of aryl methyl sites for hydroxylation is 1. The van der Waals surface area contributed by atoms with Gasteiger partial charge in [-0.3, -0.25) is 4.79 Å². The minimum atomic E-state index is -1.18. The Kier molecular flexibility index (Phi) is 10.0. The molecule has 2 aromatic carbocycles. The molecular formula is C35H42N2O7. The second-order valence-electron chi connectivity index (χ2n) is 12.3. The van der Waals surface area contributed by atoms with Gasteiger partial charge < -0.3 is 29.2 Å². The highest BCUT2D eigenvalue weighted by atomic mass is 16.5. The first-order chi connectivity index (χ1) is 21.2. The number of amides is 1. The van der Waals surface area contributed by atoms with Gasteiger partial charge in [0.1, 0.15) is 5.75 Å². The molecule has 1 amide bonds. The van der Waals surface area contributed by atoms with Crippen LogP contribution in [0.1, 0.15) is 94.6 Å². The molecule has 2 heterocycles. The van der Waals surface area contributed by atoms with Crippen LogP contribution in [-0.2, 0) is 0 Å². The smallest absolute Gasteiger partial charge is 0.335 e. The fourth-order valence-corrected chi connectivity index (χ4v) is 6.76. The van der Waals surface area contributed by atoms with E-state index in [1.54, 1.807) is 12.1 Å². The summed E-state index contributed by atoms with van der Waals surface area (Å²) in [5, 5.41) is 18.8. The molecule has 1 saturated carbocycles. The molecule has 5 rings (SSSR count). The molecule has 1 aromatic heterocycles. The van der Waals surface area contributed by atoms with E-state index in [-0.39, 0.29) is 34.2 Å². The number of hydrogen-bond acceptors (Lipinski definition) is 6. The topological polar surface area (TPSA) is 121 Å². The molecule has 3 aromatic rings. The van der Waals surface area contributed by atoms with E-state index in [1.165, 1.54) is 37.7 Å². The van der Waals surface area contributed by atoms with Crippen molar-refractivity contribution in [3.05, 3.63) is 83.3 Å². The summed E-state index contributed by atoms with van der Waals surface area (Å²) in [6, 6.07) is 15.6. The minimum Gasteiger partial charge on any atom is -0.494 e. The number of ether oxygens (including phenoxy) is 1. The molecular weight excluding hydrogens is 560 g/mol. The van der Waals surface area contributed by atoms with E-state index in [0.29, 0.717) is 12.4 Å². The molecule has 0 spiro atoms. The Morgan fingerprint density at radius 3 is 2.18 bits per heavy atom. The Morgan fingerprint density at radius 2 is 1.59 bits per heavy atom. The van der Waals surface area contributed by atoms with E-state index in [0.717, 1.165) is 75.5 Å². The molecule has 9 heteroatoms. The number of rotatable bonds is 12. The average molecular weight is 603 g/mol. The van der Waals surface area contributed by atoms with Gasteiger partial charge in [0.25, 0.3) is 5.91 Å². The maximum Gasteiger partial charge on any atom is 0.335 e. The van der Waals surface area contributed by atoms with Crippen molar-refractivity contribution in [2.24, 2.45) is 5.41 Å². The summed E-state index contributed by atoms with van der Waals surface area (Å²) in [6.45, 7) is 5.24. The van der Waals surface area contributed by atoms with Crippen molar-refractivity contribution >= 4 is 23.5 Å². The number of carbonyl (C=O) groups is 3. The zero-order chi connectivity index (χ0) is 31.1. The lowest BCUT2D eigenvalue weighted by molar-refractivity contribution is 0.0694. The van der Waals surface area contributed by atoms with Gasteiger partial charge in [-0.25, -0.2) is 9.59 Å². The monoisotopic (exact) mass is 602 g/mol. The van der Waals surface area contributed by atoms with E-state index < -0.39 is 11.9 Å². The van der Waals surface area contributed by atoms with Gasteiger partial charge >= 0.3 is 11.9 Å². The first kappa shape index (κ1) is 31.3. The lowest BCUT2D eigenvalue weighted by atomic mass is 9.69. The van der Waals surface area contributed by atoms with Crippen LogP contribution in [0.2, 0.25) is 0 Å². The molecule has 44 heavy (non-hydrogen) atoms. The van der Waals surface area contributed by atoms with Gasteiger partial charge in [-0.05, 0) is 99.9 Å². The Labute approximate surface area is 258 Å². The molecule has 2 fully saturated rings. The van der Waals surface area contributed by atoms with Gasteiger partial charge in [-0.2, -0.15) is 0 Å². The Balaban J connectivity index is 1.19. The van der Waals surface area contributed by atoms with Crippen molar-refractivity contribution in [1.82, 2.24) is 4.90 Å². The van der Waals surface area contributed by atoms with Crippen molar-refractivity contribution in [3.63, 3.8) is 0 Å². The first-order valence-corrected chi connectivity index (χ1v) is 15.6. The van der Waals surface area contributed by atoms with Gasteiger partial charge in [0.15, 0.2) is 5.76 Å². The van der Waals surface area contributed by atoms with Crippen LogP contribution >= 0.6 is 0 Å². The maximum absolute atomic E-state index is 13.5. The zero-order valence-electron chi connectivity index (χ0n) is 25.4. The summed E-state index contributed by atoms with van der Waals surface area (Å²) in [6.07, 6.45) is 11.0. The number of carboxylic acids is 2. The fourth-order valence-electron chi connectivity index (χ4n) is 6.76. The Morgan fingerprint density at radius 1 is 0.932 bits per heavy atom. The second kappa shape index (κ2) is 14.1. The van der Waals surface area contributed by atoms with E-state index in [2.05, 4.69) is 4.90 Å². The summed E-state index contributed by atoms with van der Waals surface area (Å²) in [5.41, 5.74) is 1.99. The van der Waals surface area contributed by atoms with Gasteiger partial charge in [-0.15, -0.1) is 0 Å². The number of hydrogen-bond donors (Lipinski definition) is 2. The number of carbonyl (C=O) groups excluding carboxylic acids is 1. The van der Waals surface area contributed by atoms with Crippen molar-refractivity contribution in [2.75, 3.05) is 31.1 Å². The quantitative estimate of drug-likeness (QED) is 0.230. The first-order valence-electron chi connectivity index (χ1n) is 15.6. The SMILES string of the molecule is Cc1ccc(N(C(=O)c2ccco2)C2CCN(CCC3(CCOc4cc(C(=O)O)cc(C(=O)O)c4)CCCCC3)CC2)cc1. The van der Waals surface area contributed by atoms with E-state index >= 15 is 0 Å². The highest BCUT2D eigenvalue weighted by Gasteiger charge is 2.35. The Bertz CT molecular complexity index is 1390.